The Morgan fingerprint density at radius 2 is 2.21 bits per heavy atom. The summed E-state index contributed by atoms with van der Waals surface area (Å²) in [5.74, 6) is 0.834. The molecule has 5 nitrogen and oxygen atoms in total. The molecule has 0 saturated heterocycles. The highest BCUT2D eigenvalue weighted by atomic mass is 16.2. The highest BCUT2D eigenvalue weighted by Crippen LogP contribution is 2.14. The smallest absolute Gasteiger partial charge is 0.242 e. The lowest BCUT2D eigenvalue weighted by atomic mass is 10.4. The van der Waals surface area contributed by atoms with Crippen LogP contribution in [0.4, 0.5) is 5.82 Å². The van der Waals surface area contributed by atoms with Crippen LogP contribution in [0.5, 0.6) is 0 Å². The lowest BCUT2D eigenvalue weighted by Crippen LogP contribution is -2.42. The molecule has 0 aliphatic rings. The zero-order valence-corrected chi connectivity index (χ0v) is 9.06. The van der Waals surface area contributed by atoms with Crippen LogP contribution in [0.2, 0.25) is 0 Å². The van der Waals surface area contributed by atoms with E-state index >= 15 is 0 Å². The predicted octanol–water partition coefficient (Wildman–Crippen LogP) is 0.640. The monoisotopic (exact) mass is 196 g/mol. The van der Waals surface area contributed by atoms with Crippen molar-refractivity contribution in [3.05, 3.63) is 12.3 Å². The average molecular weight is 196 g/mol. The molecule has 0 fully saturated rings. The lowest BCUT2D eigenvalue weighted by Gasteiger charge is -2.27. The molecule has 5 heteroatoms. The SMILES string of the molecule is CCC(=O)N(c1ccnn1C)N(C)C. The first kappa shape index (κ1) is 10.7. The van der Waals surface area contributed by atoms with Gasteiger partial charge >= 0.3 is 0 Å². The first-order valence-electron chi connectivity index (χ1n) is 4.56. The number of carbonyl (C=O) groups excluding carboxylic acids is 1. The molecule has 14 heavy (non-hydrogen) atoms. The molecule has 1 rings (SSSR count). The van der Waals surface area contributed by atoms with Gasteiger partial charge in [0.1, 0.15) is 5.82 Å². The second-order valence-electron chi connectivity index (χ2n) is 3.22. The minimum atomic E-state index is 0.0543. The van der Waals surface area contributed by atoms with Crippen LogP contribution < -0.4 is 5.01 Å². The van der Waals surface area contributed by atoms with E-state index in [1.807, 2.05) is 34.1 Å². The highest BCUT2D eigenvalue weighted by molar-refractivity contribution is 5.91. The van der Waals surface area contributed by atoms with Crippen LogP contribution in [0.15, 0.2) is 12.3 Å². The number of amides is 1. The van der Waals surface area contributed by atoms with Gasteiger partial charge in [-0.15, -0.1) is 0 Å². The maximum Gasteiger partial charge on any atom is 0.242 e. The summed E-state index contributed by atoms with van der Waals surface area (Å²) < 4.78 is 1.67. The van der Waals surface area contributed by atoms with Crippen molar-refractivity contribution >= 4 is 11.7 Å². The lowest BCUT2D eigenvalue weighted by molar-refractivity contribution is -0.120. The molecule has 0 atom stereocenters. The largest absolute Gasteiger partial charge is 0.273 e. The third-order valence-electron chi connectivity index (χ3n) is 1.95. The van der Waals surface area contributed by atoms with E-state index in [2.05, 4.69) is 5.10 Å². The quantitative estimate of drug-likeness (QED) is 0.666. The molecule has 0 aliphatic heterocycles. The zero-order valence-electron chi connectivity index (χ0n) is 9.06. The maximum absolute atomic E-state index is 11.6. The summed E-state index contributed by atoms with van der Waals surface area (Å²) >= 11 is 0. The van der Waals surface area contributed by atoms with Gasteiger partial charge in [-0.2, -0.15) is 5.10 Å². The summed E-state index contributed by atoms with van der Waals surface area (Å²) in [5.41, 5.74) is 0. The minimum Gasteiger partial charge on any atom is -0.273 e. The Kier molecular flexibility index (Phi) is 3.24. The molecular weight excluding hydrogens is 180 g/mol. The third-order valence-corrected chi connectivity index (χ3v) is 1.95. The molecule has 0 spiro atoms. The van der Waals surface area contributed by atoms with Gasteiger partial charge in [0, 0.05) is 33.6 Å². The van der Waals surface area contributed by atoms with E-state index in [4.69, 9.17) is 0 Å². The van der Waals surface area contributed by atoms with Crippen LogP contribution >= 0.6 is 0 Å². The van der Waals surface area contributed by atoms with Gasteiger partial charge in [0.05, 0.1) is 6.20 Å². The molecule has 1 amide bonds. The molecule has 1 heterocycles. The van der Waals surface area contributed by atoms with E-state index in [1.165, 1.54) is 0 Å². The molecule has 0 radical (unpaired) electrons. The van der Waals surface area contributed by atoms with Crippen molar-refractivity contribution in [3.8, 4) is 0 Å². The van der Waals surface area contributed by atoms with Gasteiger partial charge in [-0.3, -0.25) is 9.48 Å². The van der Waals surface area contributed by atoms with Crippen molar-refractivity contribution in [2.24, 2.45) is 7.05 Å². The fourth-order valence-electron chi connectivity index (χ4n) is 1.28. The van der Waals surface area contributed by atoms with Crippen LogP contribution in [0.25, 0.3) is 0 Å². The molecule has 78 valence electrons. The number of hydrazine groups is 1. The predicted molar refractivity (Wildman–Crippen MR) is 54.7 cm³/mol. The standard InChI is InChI=1S/C9H16N4O/c1-5-9(14)13(11(2)3)8-6-7-10-12(8)4/h6-7H,5H2,1-4H3. The fourth-order valence-corrected chi connectivity index (χ4v) is 1.28. The van der Waals surface area contributed by atoms with Crippen molar-refractivity contribution in [3.63, 3.8) is 0 Å². The van der Waals surface area contributed by atoms with E-state index in [0.717, 1.165) is 5.82 Å². The first-order chi connectivity index (χ1) is 6.57. The van der Waals surface area contributed by atoms with Gasteiger partial charge < -0.3 is 0 Å². The zero-order chi connectivity index (χ0) is 10.7. The summed E-state index contributed by atoms with van der Waals surface area (Å²) in [7, 11) is 5.48. The molecule has 0 saturated carbocycles. The van der Waals surface area contributed by atoms with Gasteiger partial charge in [-0.1, -0.05) is 6.92 Å². The summed E-state index contributed by atoms with van der Waals surface area (Å²) in [6, 6.07) is 1.81. The van der Waals surface area contributed by atoms with Crippen LogP contribution in [-0.4, -0.2) is 34.8 Å². The van der Waals surface area contributed by atoms with Gasteiger partial charge in [-0.25, -0.2) is 10.0 Å². The van der Waals surface area contributed by atoms with Crippen LogP contribution in [0.3, 0.4) is 0 Å². The summed E-state index contributed by atoms with van der Waals surface area (Å²) in [5, 5.41) is 7.39. The summed E-state index contributed by atoms with van der Waals surface area (Å²) in [4.78, 5) is 11.6. The molecule has 1 aromatic rings. The molecule has 0 aliphatic carbocycles. The minimum absolute atomic E-state index is 0.0543. The van der Waals surface area contributed by atoms with Gasteiger partial charge in [-0.05, 0) is 0 Å². The number of hydrogen-bond acceptors (Lipinski definition) is 3. The van der Waals surface area contributed by atoms with Gasteiger partial charge in [0.2, 0.25) is 5.91 Å². The van der Waals surface area contributed by atoms with Crippen molar-refractivity contribution < 1.29 is 4.79 Å². The van der Waals surface area contributed by atoms with E-state index < -0.39 is 0 Å². The Balaban J connectivity index is 3.00. The van der Waals surface area contributed by atoms with Crippen molar-refractivity contribution in [1.82, 2.24) is 14.8 Å². The molecule has 1 aromatic heterocycles. The number of rotatable bonds is 3. The van der Waals surface area contributed by atoms with Crippen molar-refractivity contribution in [1.29, 1.82) is 0 Å². The van der Waals surface area contributed by atoms with Crippen LogP contribution in [0, 0.1) is 0 Å². The second-order valence-corrected chi connectivity index (χ2v) is 3.22. The topological polar surface area (TPSA) is 41.4 Å². The summed E-state index contributed by atoms with van der Waals surface area (Å²) in [6.45, 7) is 1.84. The first-order valence-corrected chi connectivity index (χ1v) is 4.56. The number of nitrogens with zero attached hydrogens (tertiary/aromatic N) is 4. The second kappa shape index (κ2) is 4.23. The Morgan fingerprint density at radius 3 is 2.57 bits per heavy atom. The number of carbonyl (C=O) groups is 1. The molecular formula is C9H16N4O. The number of hydrogen-bond donors (Lipinski definition) is 0. The maximum atomic E-state index is 11.6. The van der Waals surface area contributed by atoms with E-state index in [9.17, 15) is 4.79 Å². The Hall–Kier alpha value is -1.36. The normalized spacial score (nSPS) is 10.6. The molecule has 0 aromatic carbocycles. The average Bonchev–Trinajstić information content (AvgIpc) is 2.52. The van der Waals surface area contributed by atoms with Gasteiger partial charge in [0.25, 0.3) is 0 Å². The van der Waals surface area contributed by atoms with Crippen molar-refractivity contribution in [2.75, 3.05) is 19.1 Å². The van der Waals surface area contributed by atoms with Crippen LogP contribution in [-0.2, 0) is 11.8 Å². The fraction of sp³-hybridized carbons (Fsp3) is 0.556. The van der Waals surface area contributed by atoms with Gasteiger partial charge in [0.15, 0.2) is 0 Å². The molecule has 0 bridgehead atoms. The number of aryl methyl sites for hydroxylation is 1. The number of anilines is 1. The third kappa shape index (κ3) is 1.93. The van der Waals surface area contributed by atoms with E-state index in [0.29, 0.717) is 6.42 Å². The van der Waals surface area contributed by atoms with Crippen LogP contribution in [0.1, 0.15) is 13.3 Å². The summed E-state index contributed by atoms with van der Waals surface area (Å²) in [6.07, 6.45) is 2.15. The Morgan fingerprint density at radius 1 is 1.57 bits per heavy atom. The Bertz CT molecular complexity index is 318. The van der Waals surface area contributed by atoms with Crippen molar-refractivity contribution in [2.45, 2.75) is 13.3 Å². The van der Waals surface area contributed by atoms with E-state index in [-0.39, 0.29) is 5.91 Å². The number of aromatic nitrogens is 2. The molecule has 0 N–H and O–H groups in total. The molecule has 0 unspecified atom stereocenters. The van der Waals surface area contributed by atoms with E-state index in [1.54, 1.807) is 20.9 Å². The highest BCUT2D eigenvalue weighted by Gasteiger charge is 2.18. The Labute approximate surface area is 83.9 Å².